The number of hydrogen-bond acceptors (Lipinski definition) is 8. The topological polar surface area (TPSA) is 162 Å². The summed E-state index contributed by atoms with van der Waals surface area (Å²) in [5, 5.41) is 69.4. The molecule has 0 fully saturated rings. The summed E-state index contributed by atoms with van der Waals surface area (Å²) in [6, 6.07) is 24.6. The van der Waals surface area contributed by atoms with Crippen molar-refractivity contribution in [3.8, 4) is 46.0 Å². The molecule has 0 bridgehead atoms. The van der Waals surface area contributed by atoms with Crippen molar-refractivity contribution >= 4 is 0 Å². The number of phenolic OH excluding ortho intramolecular Hbond substituents is 8. The van der Waals surface area contributed by atoms with Gasteiger partial charge in [0.15, 0.2) is 46.0 Å². The summed E-state index contributed by atoms with van der Waals surface area (Å²) >= 11 is 0. The van der Waals surface area contributed by atoms with Crippen molar-refractivity contribution in [3.05, 3.63) is 97.1 Å². The fourth-order valence-corrected chi connectivity index (χ4v) is 1.86. The van der Waals surface area contributed by atoms with Crippen LogP contribution >= 0.6 is 0 Å². The van der Waals surface area contributed by atoms with Crippen LogP contribution in [0.2, 0.25) is 0 Å². The molecule has 0 heterocycles. The Balaban J connectivity index is 0.000000410. The summed E-state index contributed by atoms with van der Waals surface area (Å²) in [4.78, 5) is 0. The SMILES string of the molecule is Oc1ccccc1O.Oc1ccccc1O.Oc1ccccc1O.Oc1ccccc1O.[Ta]. The third kappa shape index (κ3) is 11.8. The molecular formula is C24H24O8Ta. The Morgan fingerprint density at radius 1 is 0.242 bits per heavy atom. The van der Waals surface area contributed by atoms with Crippen LogP contribution in [0.15, 0.2) is 97.1 Å². The van der Waals surface area contributed by atoms with Crippen LogP contribution in [-0.2, 0) is 22.4 Å². The van der Waals surface area contributed by atoms with Crippen LogP contribution in [0.3, 0.4) is 0 Å². The third-order valence-corrected chi connectivity index (χ3v) is 3.53. The molecule has 33 heavy (non-hydrogen) atoms. The summed E-state index contributed by atoms with van der Waals surface area (Å²) in [5.74, 6) is -0.611. The van der Waals surface area contributed by atoms with Gasteiger partial charge in [-0.05, 0) is 48.5 Å². The van der Waals surface area contributed by atoms with E-state index in [0.717, 1.165) is 0 Å². The van der Waals surface area contributed by atoms with E-state index in [-0.39, 0.29) is 68.4 Å². The Morgan fingerprint density at radius 2 is 0.333 bits per heavy atom. The molecule has 0 atom stereocenters. The van der Waals surface area contributed by atoms with Gasteiger partial charge < -0.3 is 40.9 Å². The van der Waals surface area contributed by atoms with Gasteiger partial charge in [0.2, 0.25) is 0 Å². The largest absolute Gasteiger partial charge is 0.504 e. The first kappa shape index (κ1) is 29.0. The van der Waals surface area contributed by atoms with E-state index in [1.807, 2.05) is 0 Å². The molecular weight excluding hydrogens is 597 g/mol. The summed E-state index contributed by atoms with van der Waals surface area (Å²) < 4.78 is 0. The molecule has 4 rings (SSSR count). The molecule has 0 aromatic heterocycles. The molecule has 0 aliphatic carbocycles. The maximum Gasteiger partial charge on any atom is 0.157 e. The molecule has 8 nitrogen and oxygen atoms in total. The minimum Gasteiger partial charge on any atom is -0.504 e. The fraction of sp³-hybridized carbons (Fsp3) is 0. The van der Waals surface area contributed by atoms with Gasteiger partial charge in [0.25, 0.3) is 0 Å². The minimum atomic E-state index is -0.0764. The van der Waals surface area contributed by atoms with Crippen molar-refractivity contribution in [2.75, 3.05) is 0 Å². The summed E-state index contributed by atoms with van der Waals surface area (Å²) in [7, 11) is 0. The van der Waals surface area contributed by atoms with E-state index in [1.54, 1.807) is 48.5 Å². The monoisotopic (exact) mass is 621 g/mol. The van der Waals surface area contributed by atoms with Gasteiger partial charge in [-0.2, -0.15) is 0 Å². The van der Waals surface area contributed by atoms with E-state index in [4.69, 9.17) is 40.9 Å². The molecule has 0 aliphatic heterocycles. The van der Waals surface area contributed by atoms with E-state index in [9.17, 15) is 0 Å². The average molecular weight is 621 g/mol. The molecule has 4 aromatic carbocycles. The second kappa shape index (κ2) is 15.8. The second-order valence-electron chi connectivity index (χ2n) is 5.95. The molecule has 0 amide bonds. The zero-order valence-electron chi connectivity index (χ0n) is 17.3. The van der Waals surface area contributed by atoms with Gasteiger partial charge in [0.05, 0.1) is 0 Å². The van der Waals surface area contributed by atoms with Crippen LogP contribution in [0, 0.1) is 0 Å². The standard InChI is InChI=1S/4C6H6O2.Ta/c4*7-5-3-1-2-4-6(5)8;/h4*1-4,7-8H;. The molecule has 8 N–H and O–H groups in total. The van der Waals surface area contributed by atoms with Crippen LogP contribution in [0.5, 0.6) is 46.0 Å². The maximum absolute atomic E-state index is 8.67. The van der Waals surface area contributed by atoms with E-state index in [1.165, 1.54) is 48.5 Å². The fourth-order valence-electron chi connectivity index (χ4n) is 1.86. The number of aromatic hydroxyl groups is 8. The van der Waals surface area contributed by atoms with Gasteiger partial charge in [-0.25, -0.2) is 0 Å². The van der Waals surface area contributed by atoms with Crippen molar-refractivity contribution < 1.29 is 63.2 Å². The Kier molecular flexibility index (Phi) is 13.9. The number of para-hydroxylation sites is 8. The molecule has 173 valence electrons. The van der Waals surface area contributed by atoms with Crippen LogP contribution in [0.4, 0.5) is 0 Å². The van der Waals surface area contributed by atoms with Crippen LogP contribution < -0.4 is 0 Å². The van der Waals surface area contributed by atoms with Crippen molar-refractivity contribution in [1.29, 1.82) is 0 Å². The molecule has 0 unspecified atom stereocenters. The predicted octanol–water partition coefficient (Wildman–Crippen LogP) is 4.39. The third-order valence-electron chi connectivity index (χ3n) is 3.53. The number of hydrogen-bond donors (Lipinski definition) is 8. The predicted molar refractivity (Wildman–Crippen MR) is 119 cm³/mol. The van der Waals surface area contributed by atoms with Gasteiger partial charge in [-0.3, -0.25) is 0 Å². The second-order valence-corrected chi connectivity index (χ2v) is 5.95. The summed E-state index contributed by atoms with van der Waals surface area (Å²) in [6.07, 6.45) is 0. The number of benzene rings is 4. The van der Waals surface area contributed by atoms with Crippen molar-refractivity contribution in [2.45, 2.75) is 0 Å². The van der Waals surface area contributed by atoms with Gasteiger partial charge in [0, 0.05) is 22.4 Å². The van der Waals surface area contributed by atoms with Gasteiger partial charge in [0.1, 0.15) is 0 Å². The van der Waals surface area contributed by atoms with E-state index >= 15 is 0 Å². The molecule has 0 saturated heterocycles. The first-order valence-electron chi connectivity index (χ1n) is 9.10. The number of phenols is 8. The maximum atomic E-state index is 8.67. The van der Waals surface area contributed by atoms with E-state index in [0.29, 0.717) is 0 Å². The number of rotatable bonds is 0. The van der Waals surface area contributed by atoms with Crippen molar-refractivity contribution in [2.24, 2.45) is 0 Å². The van der Waals surface area contributed by atoms with Gasteiger partial charge >= 0.3 is 0 Å². The van der Waals surface area contributed by atoms with Gasteiger partial charge in [-0.1, -0.05) is 48.5 Å². The molecule has 1 radical (unpaired) electrons. The Morgan fingerprint density at radius 3 is 0.394 bits per heavy atom. The van der Waals surface area contributed by atoms with Crippen molar-refractivity contribution in [1.82, 2.24) is 0 Å². The van der Waals surface area contributed by atoms with Crippen LogP contribution in [-0.4, -0.2) is 40.9 Å². The zero-order valence-corrected chi connectivity index (χ0v) is 20.5. The van der Waals surface area contributed by atoms with Crippen molar-refractivity contribution in [3.63, 3.8) is 0 Å². The molecule has 9 heteroatoms. The Bertz CT molecular complexity index is 831. The minimum absolute atomic E-state index is 0. The van der Waals surface area contributed by atoms with E-state index < -0.39 is 0 Å². The Labute approximate surface area is 206 Å². The van der Waals surface area contributed by atoms with Gasteiger partial charge in [-0.15, -0.1) is 0 Å². The first-order chi connectivity index (χ1) is 15.2. The van der Waals surface area contributed by atoms with Crippen LogP contribution in [0.25, 0.3) is 0 Å². The smallest absolute Gasteiger partial charge is 0.157 e. The molecule has 4 aromatic rings. The first-order valence-corrected chi connectivity index (χ1v) is 9.10. The molecule has 0 aliphatic rings. The molecule has 0 saturated carbocycles. The quantitative estimate of drug-likeness (QED) is 0.134. The summed E-state index contributed by atoms with van der Waals surface area (Å²) in [6.45, 7) is 0. The zero-order chi connectivity index (χ0) is 23.9. The average Bonchev–Trinajstić information content (AvgIpc) is 2.78. The Hall–Kier alpha value is -3.98. The molecule has 0 spiro atoms. The van der Waals surface area contributed by atoms with E-state index in [2.05, 4.69) is 0 Å². The summed E-state index contributed by atoms with van der Waals surface area (Å²) in [5.41, 5.74) is 0. The van der Waals surface area contributed by atoms with Crippen LogP contribution in [0.1, 0.15) is 0 Å². The normalized spacial score (nSPS) is 8.73.